The highest BCUT2D eigenvalue weighted by molar-refractivity contribution is 6.31. The molecule has 82 valence electrons. The van der Waals surface area contributed by atoms with Gasteiger partial charge in [0.25, 0.3) is 0 Å². The predicted octanol–water partition coefficient (Wildman–Crippen LogP) is 3.64. The van der Waals surface area contributed by atoms with Gasteiger partial charge in [0.2, 0.25) is 0 Å². The molecule has 0 aliphatic rings. The Morgan fingerprint density at radius 3 is 2.53 bits per heavy atom. The molecule has 1 rings (SSSR count). The molecule has 1 aromatic rings. The Morgan fingerprint density at radius 1 is 1.40 bits per heavy atom. The number of ketones is 1. The van der Waals surface area contributed by atoms with Crippen molar-refractivity contribution in [1.29, 1.82) is 0 Å². The number of halogens is 2. The van der Waals surface area contributed by atoms with Crippen LogP contribution in [0.15, 0.2) is 18.2 Å². The van der Waals surface area contributed by atoms with Crippen LogP contribution in [-0.2, 0) is 11.2 Å². The number of carbonyl (C=O) groups excluding carboxylic acids is 1. The van der Waals surface area contributed by atoms with Crippen molar-refractivity contribution in [1.82, 2.24) is 0 Å². The van der Waals surface area contributed by atoms with Gasteiger partial charge in [-0.05, 0) is 11.6 Å². The van der Waals surface area contributed by atoms with Gasteiger partial charge in [0.15, 0.2) is 0 Å². The Balaban J connectivity index is 2.91. The summed E-state index contributed by atoms with van der Waals surface area (Å²) in [6, 6.07) is 4.52. The van der Waals surface area contributed by atoms with Crippen molar-refractivity contribution >= 4 is 17.4 Å². The van der Waals surface area contributed by atoms with E-state index in [0.29, 0.717) is 5.56 Å². The van der Waals surface area contributed by atoms with E-state index >= 15 is 0 Å². The van der Waals surface area contributed by atoms with E-state index in [1.54, 1.807) is 12.1 Å². The van der Waals surface area contributed by atoms with Gasteiger partial charge in [-0.1, -0.05) is 44.5 Å². The summed E-state index contributed by atoms with van der Waals surface area (Å²) in [6.07, 6.45) is 0.181. The zero-order chi connectivity index (χ0) is 11.6. The van der Waals surface area contributed by atoms with E-state index < -0.39 is 11.2 Å². The second-order valence-electron chi connectivity index (χ2n) is 4.56. The van der Waals surface area contributed by atoms with Gasteiger partial charge in [-0.3, -0.25) is 4.79 Å². The van der Waals surface area contributed by atoms with Crippen molar-refractivity contribution in [2.45, 2.75) is 27.2 Å². The highest BCUT2D eigenvalue weighted by atomic mass is 35.5. The molecule has 0 N–H and O–H groups in total. The SMILES string of the molecule is CC(C)(C)C(=O)Cc1cccc(F)c1Cl. The number of Topliss-reactive ketones (excluding diaryl/α,β-unsaturated/α-hetero) is 1. The Kier molecular flexibility index (Phi) is 3.50. The average Bonchev–Trinajstić information content (AvgIpc) is 2.11. The summed E-state index contributed by atoms with van der Waals surface area (Å²) in [5.41, 5.74) is 0.131. The van der Waals surface area contributed by atoms with Gasteiger partial charge in [-0.15, -0.1) is 0 Å². The molecule has 0 aliphatic carbocycles. The van der Waals surface area contributed by atoms with E-state index in [1.807, 2.05) is 20.8 Å². The normalized spacial score (nSPS) is 11.5. The summed E-state index contributed by atoms with van der Waals surface area (Å²) in [5.74, 6) is -0.425. The second-order valence-corrected chi connectivity index (χ2v) is 4.94. The molecule has 0 aliphatic heterocycles. The zero-order valence-corrected chi connectivity index (χ0v) is 9.86. The molecule has 0 saturated heterocycles. The third-order valence-electron chi connectivity index (χ3n) is 2.22. The molecule has 0 unspecified atom stereocenters. The number of hydrogen-bond acceptors (Lipinski definition) is 1. The largest absolute Gasteiger partial charge is 0.299 e. The van der Waals surface area contributed by atoms with Crippen molar-refractivity contribution in [2.75, 3.05) is 0 Å². The van der Waals surface area contributed by atoms with Gasteiger partial charge in [0, 0.05) is 11.8 Å². The summed E-state index contributed by atoms with van der Waals surface area (Å²) in [5, 5.41) is 0.0510. The first kappa shape index (κ1) is 12.2. The molecule has 0 saturated carbocycles. The lowest BCUT2D eigenvalue weighted by Crippen LogP contribution is -2.22. The zero-order valence-electron chi connectivity index (χ0n) is 9.10. The summed E-state index contributed by atoms with van der Waals surface area (Å²) in [6.45, 7) is 5.51. The molecule has 0 atom stereocenters. The van der Waals surface area contributed by atoms with E-state index in [-0.39, 0.29) is 17.2 Å². The predicted molar refractivity (Wildman–Crippen MR) is 59.6 cm³/mol. The lowest BCUT2D eigenvalue weighted by Gasteiger charge is -2.16. The van der Waals surface area contributed by atoms with Gasteiger partial charge in [0.05, 0.1) is 5.02 Å². The monoisotopic (exact) mass is 228 g/mol. The Morgan fingerprint density at radius 2 is 2.00 bits per heavy atom. The smallest absolute Gasteiger partial charge is 0.142 e. The van der Waals surface area contributed by atoms with Gasteiger partial charge < -0.3 is 0 Å². The van der Waals surface area contributed by atoms with E-state index in [0.717, 1.165) is 0 Å². The fraction of sp³-hybridized carbons (Fsp3) is 0.417. The van der Waals surface area contributed by atoms with Crippen LogP contribution < -0.4 is 0 Å². The lowest BCUT2D eigenvalue weighted by molar-refractivity contribution is -0.125. The second kappa shape index (κ2) is 4.31. The van der Waals surface area contributed by atoms with E-state index in [1.165, 1.54) is 6.07 Å². The van der Waals surface area contributed by atoms with Crippen LogP contribution in [0.25, 0.3) is 0 Å². The van der Waals surface area contributed by atoms with Crippen LogP contribution >= 0.6 is 11.6 Å². The minimum Gasteiger partial charge on any atom is -0.299 e. The van der Waals surface area contributed by atoms with E-state index in [2.05, 4.69) is 0 Å². The lowest BCUT2D eigenvalue weighted by atomic mass is 9.87. The Bertz CT molecular complexity index is 380. The summed E-state index contributed by atoms with van der Waals surface area (Å²) in [7, 11) is 0. The molecule has 0 fully saturated rings. The standard InChI is InChI=1S/C12H14ClFO/c1-12(2,3)10(15)7-8-5-4-6-9(14)11(8)13/h4-6H,7H2,1-3H3. The quantitative estimate of drug-likeness (QED) is 0.756. The molecular weight excluding hydrogens is 215 g/mol. The third-order valence-corrected chi connectivity index (χ3v) is 2.64. The average molecular weight is 229 g/mol. The Hall–Kier alpha value is -0.890. The number of hydrogen-bond donors (Lipinski definition) is 0. The molecule has 0 spiro atoms. The van der Waals surface area contributed by atoms with Gasteiger partial charge in [-0.2, -0.15) is 0 Å². The minimum atomic E-state index is -0.476. The summed E-state index contributed by atoms with van der Waals surface area (Å²) >= 11 is 5.76. The van der Waals surface area contributed by atoms with Crippen LogP contribution in [0.5, 0.6) is 0 Å². The van der Waals surface area contributed by atoms with Gasteiger partial charge in [-0.25, -0.2) is 4.39 Å². The van der Waals surface area contributed by atoms with Gasteiger partial charge >= 0.3 is 0 Å². The highest BCUT2D eigenvalue weighted by Gasteiger charge is 2.22. The van der Waals surface area contributed by atoms with Crippen molar-refractivity contribution < 1.29 is 9.18 Å². The molecule has 15 heavy (non-hydrogen) atoms. The first-order valence-corrected chi connectivity index (χ1v) is 5.16. The van der Waals surface area contributed by atoms with E-state index in [9.17, 15) is 9.18 Å². The van der Waals surface area contributed by atoms with Crippen LogP contribution in [0.2, 0.25) is 5.02 Å². The maximum Gasteiger partial charge on any atom is 0.142 e. The molecule has 1 aromatic carbocycles. The summed E-state index contributed by atoms with van der Waals surface area (Å²) < 4.78 is 13.1. The molecule has 0 aromatic heterocycles. The molecule has 0 radical (unpaired) electrons. The molecule has 0 amide bonds. The molecule has 3 heteroatoms. The van der Waals surface area contributed by atoms with Crippen LogP contribution in [0.3, 0.4) is 0 Å². The summed E-state index contributed by atoms with van der Waals surface area (Å²) in [4.78, 5) is 11.7. The third kappa shape index (κ3) is 3.03. The van der Waals surface area contributed by atoms with Crippen LogP contribution in [0.1, 0.15) is 26.3 Å². The number of rotatable bonds is 2. The first-order valence-electron chi connectivity index (χ1n) is 4.78. The minimum absolute atomic E-state index is 0.0509. The number of carbonyl (C=O) groups is 1. The van der Waals surface area contributed by atoms with Crippen molar-refractivity contribution in [3.63, 3.8) is 0 Å². The highest BCUT2D eigenvalue weighted by Crippen LogP contribution is 2.24. The maximum atomic E-state index is 13.1. The van der Waals surface area contributed by atoms with Crippen LogP contribution in [0, 0.1) is 11.2 Å². The van der Waals surface area contributed by atoms with E-state index in [4.69, 9.17) is 11.6 Å². The van der Waals surface area contributed by atoms with Crippen LogP contribution in [0.4, 0.5) is 4.39 Å². The number of benzene rings is 1. The molecule has 0 bridgehead atoms. The molecular formula is C12H14ClFO. The molecule has 0 heterocycles. The maximum absolute atomic E-state index is 13.1. The first-order chi connectivity index (χ1) is 6.82. The van der Waals surface area contributed by atoms with Crippen molar-refractivity contribution in [2.24, 2.45) is 5.41 Å². The fourth-order valence-corrected chi connectivity index (χ4v) is 1.32. The van der Waals surface area contributed by atoms with Crippen molar-refractivity contribution in [3.8, 4) is 0 Å². The van der Waals surface area contributed by atoms with Crippen molar-refractivity contribution in [3.05, 3.63) is 34.6 Å². The van der Waals surface area contributed by atoms with Gasteiger partial charge in [0.1, 0.15) is 11.6 Å². The Labute approximate surface area is 94.3 Å². The van der Waals surface area contributed by atoms with Crippen LogP contribution in [-0.4, -0.2) is 5.78 Å². The fourth-order valence-electron chi connectivity index (χ4n) is 1.12. The topological polar surface area (TPSA) is 17.1 Å². The molecule has 1 nitrogen and oxygen atoms in total.